The van der Waals surface area contributed by atoms with Crippen molar-refractivity contribution >= 4 is 5.91 Å². The van der Waals surface area contributed by atoms with E-state index in [9.17, 15) is 4.79 Å². The van der Waals surface area contributed by atoms with Crippen molar-refractivity contribution in [3.63, 3.8) is 0 Å². The van der Waals surface area contributed by atoms with E-state index in [4.69, 9.17) is 14.2 Å². The van der Waals surface area contributed by atoms with Gasteiger partial charge in [0.2, 0.25) is 12.7 Å². The van der Waals surface area contributed by atoms with Gasteiger partial charge in [0.05, 0.1) is 24.7 Å². The number of rotatable bonds is 5. The van der Waals surface area contributed by atoms with Crippen molar-refractivity contribution in [2.75, 3.05) is 27.1 Å². The smallest absolute Gasteiger partial charge is 0.231 e. The van der Waals surface area contributed by atoms with Crippen LogP contribution in [-0.2, 0) is 22.5 Å². The van der Waals surface area contributed by atoms with Crippen molar-refractivity contribution in [2.24, 2.45) is 0 Å². The van der Waals surface area contributed by atoms with Gasteiger partial charge in [-0.2, -0.15) is 5.10 Å². The fraction of sp³-hybridized carbons (Fsp3) is 0.444. The summed E-state index contributed by atoms with van der Waals surface area (Å²) in [5.74, 6) is 1.55. The molecule has 0 aliphatic carbocycles. The lowest BCUT2D eigenvalue weighted by Crippen LogP contribution is -2.42. The van der Waals surface area contributed by atoms with Gasteiger partial charge in [-0.15, -0.1) is 0 Å². The fourth-order valence-electron chi connectivity index (χ4n) is 3.38. The predicted octanol–water partition coefficient (Wildman–Crippen LogP) is 1.77. The number of carbonyl (C=O) groups excluding carboxylic acids is 1. The number of aromatic nitrogens is 2. The van der Waals surface area contributed by atoms with E-state index in [1.807, 2.05) is 33.8 Å². The van der Waals surface area contributed by atoms with Crippen LogP contribution in [0, 0.1) is 0 Å². The van der Waals surface area contributed by atoms with Gasteiger partial charge in [-0.3, -0.25) is 9.48 Å². The average Bonchev–Trinajstić information content (AvgIpc) is 3.27. The first-order valence-corrected chi connectivity index (χ1v) is 8.42. The third-order valence-electron chi connectivity index (χ3n) is 4.68. The van der Waals surface area contributed by atoms with Crippen LogP contribution in [-0.4, -0.2) is 47.6 Å². The number of benzene rings is 1. The Balaban J connectivity index is 1.47. The van der Waals surface area contributed by atoms with Crippen molar-refractivity contribution in [3.8, 4) is 11.5 Å². The molecule has 4 rings (SSSR count). The third-order valence-corrected chi connectivity index (χ3v) is 4.68. The third kappa shape index (κ3) is 3.19. The molecule has 3 heterocycles. The molecule has 1 aromatic carbocycles. The van der Waals surface area contributed by atoms with Gasteiger partial charge in [-0.25, -0.2) is 0 Å². The molecule has 2 aliphatic heterocycles. The second kappa shape index (κ2) is 6.76. The van der Waals surface area contributed by atoms with E-state index < -0.39 is 0 Å². The Morgan fingerprint density at radius 3 is 3.08 bits per heavy atom. The first-order chi connectivity index (χ1) is 12.2. The molecule has 0 saturated carbocycles. The van der Waals surface area contributed by atoms with E-state index in [2.05, 4.69) is 5.10 Å². The predicted molar refractivity (Wildman–Crippen MR) is 89.4 cm³/mol. The van der Waals surface area contributed by atoms with Crippen LogP contribution in [0.1, 0.15) is 23.7 Å². The van der Waals surface area contributed by atoms with Gasteiger partial charge in [-0.1, -0.05) is 6.07 Å². The summed E-state index contributed by atoms with van der Waals surface area (Å²) in [5.41, 5.74) is 1.99. The summed E-state index contributed by atoms with van der Waals surface area (Å²) >= 11 is 0. The molecule has 1 aromatic heterocycles. The Labute approximate surface area is 146 Å². The molecule has 2 aliphatic rings. The van der Waals surface area contributed by atoms with Crippen LogP contribution in [0.5, 0.6) is 11.5 Å². The van der Waals surface area contributed by atoms with Crippen molar-refractivity contribution in [3.05, 3.63) is 41.7 Å². The van der Waals surface area contributed by atoms with E-state index in [0.29, 0.717) is 31.9 Å². The lowest BCUT2D eigenvalue weighted by atomic mass is 10.1. The number of methoxy groups -OCH3 is 1. The number of nitrogens with zero attached hydrogens (tertiary/aromatic N) is 3. The minimum atomic E-state index is 0.105. The van der Waals surface area contributed by atoms with Gasteiger partial charge in [0.25, 0.3) is 0 Å². The Kier molecular flexibility index (Phi) is 4.31. The largest absolute Gasteiger partial charge is 0.454 e. The number of hydrogen-bond donors (Lipinski definition) is 0. The number of hydrogen-bond acceptors (Lipinski definition) is 5. The second-order valence-electron chi connectivity index (χ2n) is 6.34. The molecular weight excluding hydrogens is 322 g/mol. The first-order valence-electron chi connectivity index (χ1n) is 8.42. The van der Waals surface area contributed by atoms with Crippen LogP contribution < -0.4 is 9.47 Å². The molecule has 0 bridgehead atoms. The summed E-state index contributed by atoms with van der Waals surface area (Å²) < 4.78 is 17.9. The summed E-state index contributed by atoms with van der Waals surface area (Å²) in [4.78, 5) is 14.7. The maximum Gasteiger partial charge on any atom is 0.231 e. The number of fused-ring (bicyclic) bond motifs is 2. The average molecular weight is 343 g/mol. The van der Waals surface area contributed by atoms with E-state index >= 15 is 0 Å². The molecule has 1 unspecified atom stereocenters. The van der Waals surface area contributed by atoms with Crippen LogP contribution in [0.4, 0.5) is 0 Å². The minimum Gasteiger partial charge on any atom is -0.454 e. The Morgan fingerprint density at radius 2 is 2.20 bits per heavy atom. The lowest BCUT2D eigenvalue weighted by molar-refractivity contribution is -0.132. The van der Waals surface area contributed by atoms with Crippen molar-refractivity contribution in [1.29, 1.82) is 0 Å². The molecule has 0 spiro atoms. The number of ether oxygens (including phenoxy) is 3. The Morgan fingerprint density at radius 1 is 1.32 bits per heavy atom. The summed E-state index contributed by atoms with van der Waals surface area (Å²) in [6, 6.07) is 7.79. The fourth-order valence-corrected chi connectivity index (χ4v) is 3.38. The zero-order chi connectivity index (χ0) is 17.2. The van der Waals surface area contributed by atoms with E-state index in [0.717, 1.165) is 23.4 Å². The quantitative estimate of drug-likeness (QED) is 0.828. The van der Waals surface area contributed by atoms with Crippen molar-refractivity contribution in [1.82, 2.24) is 14.7 Å². The van der Waals surface area contributed by atoms with Gasteiger partial charge < -0.3 is 19.1 Å². The molecule has 1 atom stereocenters. The van der Waals surface area contributed by atoms with Crippen LogP contribution in [0.2, 0.25) is 0 Å². The van der Waals surface area contributed by atoms with Crippen molar-refractivity contribution in [2.45, 2.75) is 25.4 Å². The highest BCUT2D eigenvalue weighted by Gasteiger charge is 2.28. The van der Waals surface area contributed by atoms with Crippen molar-refractivity contribution < 1.29 is 19.0 Å². The highest BCUT2D eigenvalue weighted by molar-refractivity contribution is 5.79. The molecule has 1 amide bonds. The second-order valence-corrected chi connectivity index (χ2v) is 6.34. The van der Waals surface area contributed by atoms with E-state index in [1.165, 1.54) is 0 Å². The monoisotopic (exact) mass is 343 g/mol. The highest BCUT2D eigenvalue weighted by Crippen LogP contribution is 2.33. The van der Waals surface area contributed by atoms with E-state index in [1.54, 1.807) is 13.3 Å². The zero-order valence-corrected chi connectivity index (χ0v) is 14.2. The summed E-state index contributed by atoms with van der Waals surface area (Å²) in [5, 5.41) is 4.40. The number of carbonyl (C=O) groups is 1. The van der Waals surface area contributed by atoms with Crippen LogP contribution in [0.15, 0.2) is 30.5 Å². The van der Waals surface area contributed by atoms with Crippen LogP contribution in [0.3, 0.4) is 0 Å². The summed E-state index contributed by atoms with van der Waals surface area (Å²) in [6.07, 6.45) is 2.97. The molecule has 0 fully saturated rings. The Hall–Kier alpha value is -2.54. The lowest BCUT2D eigenvalue weighted by Gasteiger charge is -2.34. The highest BCUT2D eigenvalue weighted by atomic mass is 16.7. The van der Waals surface area contributed by atoms with Gasteiger partial charge in [0, 0.05) is 26.5 Å². The first kappa shape index (κ1) is 16.0. The molecule has 25 heavy (non-hydrogen) atoms. The van der Waals surface area contributed by atoms with Gasteiger partial charge in [0.15, 0.2) is 11.5 Å². The van der Waals surface area contributed by atoms with Crippen LogP contribution >= 0.6 is 0 Å². The minimum absolute atomic E-state index is 0.105. The SMILES string of the molecule is COCCC1CN(C(=O)Cc2ccc3c(c2)OCO3)Cc2ccnn21. The zero-order valence-electron chi connectivity index (χ0n) is 14.2. The van der Waals surface area contributed by atoms with Gasteiger partial charge in [0.1, 0.15) is 0 Å². The maximum atomic E-state index is 12.8. The number of amides is 1. The topological polar surface area (TPSA) is 65.8 Å². The molecule has 0 N–H and O–H groups in total. The molecule has 132 valence electrons. The maximum absolute atomic E-state index is 12.8. The molecule has 7 nitrogen and oxygen atoms in total. The molecule has 7 heteroatoms. The normalized spacial score (nSPS) is 18.3. The molecule has 2 aromatic rings. The summed E-state index contributed by atoms with van der Waals surface area (Å²) in [7, 11) is 1.69. The molecular formula is C18H21N3O4. The standard InChI is InChI=1S/C18H21N3O4/c1-23-7-5-15-11-20(10-14-4-6-19-21(14)15)18(22)9-13-2-3-16-17(8-13)25-12-24-16/h2-4,6,8,15H,5,7,9-12H2,1H3. The molecule has 0 radical (unpaired) electrons. The van der Waals surface area contributed by atoms with Crippen LogP contribution in [0.25, 0.3) is 0 Å². The Bertz CT molecular complexity index is 773. The van der Waals surface area contributed by atoms with Gasteiger partial charge >= 0.3 is 0 Å². The summed E-state index contributed by atoms with van der Waals surface area (Å²) in [6.45, 7) is 2.13. The van der Waals surface area contributed by atoms with E-state index in [-0.39, 0.29) is 18.7 Å². The molecule has 0 saturated heterocycles. The van der Waals surface area contributed by atoms with Gasteiger partial charge in [-0.05, 0) is 30.2 Å².